The largest absolute Gasteiger partial charge is 0.337 e. The van der Waals surface area contributed by atoms with E-state index in [0.717, 1.165) is 5.56 Å². The van der Waals surface area contributed by atoms with E-state index >= 15 is 0 Å². The van der Waals surface area contributed by atoms with Crippen molar-refractivity contribution >= 4 is 33.3 Å². The van der Waals surface area contributed by atoms with Gasteiger partial charge in [-0.05, 0) is 57.4 Å². The fourth-order valence-corrected chi connectivity index (χ4v) is 7.83. The molecule has 2 aliphatic rings. The first-order valence-electron chi connectivity index (χ1n) is 13.5. The number of carbonyl (C=O) groups excluding carboxylic acids is 3. The molecule has 2 amide bonds. The number of rotatable bonds is 9. The van der Waals surface area contributed by atoms with Crippen LogP contribution in [-0.4, -0.2) is 67.5 Å². The van der Waals surface area contributed by atoms with Crippen molar-refractivity contribution in [2.75, 3.05) is 23.9 Å². The molecular formula is C30H37N3O5S. The van der Waals surface area contributed by atoms with Gasteiger partial charge in [-0.1, -0.05) is 55.0 Å². The quantitative estimate of drug-likeness (QED) is 0.349. The molecule has 1 aliphatic carbocycles. The third-order valence-corrected chi connectivity index (χ3v) is 9.78. The van der Waals surface area contributed by atoms with Crippen LogP contribution in [0.2, 0.25) is 0 Å². The predicted molar refractivity (Wildman–Crippen MR) is 151 cm³/mol. The van der Waals surface area contributed by atoms with Crippen LogP contribution in [0.15, 0.2) is 65.6 Å². The monoisotopic (exact) mass is 551 g/mol. The summed E-state index contributed by atoms with van der Waals surface area (Å²) in [6.07, 6.45) is 4.49. The minimum absolute atomic E-state index is 0.101. The number of likely N-dealkylation sites (N-methyl/N-ethyl adjacent to an activating group) is 1. The molecule has 0 radical (unpaired) electrons. The second kappa shape index (κ2) is 11.0. The highest BCUT2D eigenvalue weighted by atomic mass is 32.2. The van der Waals surface area contributed by atoms with Crippen LogP contribution in [-0.2, 0) is 29.8 Å². The van der Waals surface area contributed by atoms with E-state index in [4.69, 9.17) is 0 Å². The van der Waals surface area contributed by atoms with E-state index in [9.17, 15) is 22.8 Å². The summed E-state index contributed by atoms with van der Waals surface area (Å²) in [4.78, 5) is 44.6. The Morgan fingerprint density at radius 3 is 2.23 bits per heavy atom. The second-order valence-electron chi connectivity index (χ2n) is 10.1. The third-order valence-electron chi connectivity index (χ3n) is 7.94. The number of nitrogens with zero attached hydrogens (tertiary/aromatic N) is 3. The molecule has 0 spiro atoms. The average molecular weight is 552 g/mol. The molecule has 2 aromatic carbocycles. The number of Topliss-reactive ketones (excluding diaryl/α,β-unsaturated/α-hetero) is 1. The van der Waals surface area contributed by atoms with E-state index in [-0.39, 0.29) is 17.2 Å². The van der Waals surface area contributed by atoms with E-state index in [1.165, 1.54) is 16.1 Å². The Morgan fingerprint density at radius 1 is 1.00 bits per heavy atom. The van der Waals surface area contributed by atoms with E-state index in [0.29, 0.717) is 37.3 Å². The highest BCUT2D eigenvalue weighted by Crippen LogP contribution is 2.54. The number of fused-ring (bicyclic) bond motifs is 3. The number of sulfonamides is 1. The molecule has 1 aliphatic heterocycles. The topological polar surface area (TPSA) is 95.1 Å². The van der Waals surface area contributed by atoms with Gasteiger partial charge in [0.15, 0.2) is 0 Å². The molecule has 0 unspecified atom stereocenters. The molecule has 208 valence electrons. The fraction of sp³-hybridized carbons (Fsp3) is 0.433. The van der Waals surface area contributed by atoms with Crippen LogP contribution in [0.1, 0.15) is 51.7 Å². The Bertz CT molecular complexity index is 1400. The number of hydrogen-bond acceptors (Lipinski definition) is 5. The average Bonchev–Trinajstić information content (AvgIpc) is 3.24. The van der Waals surface area contributed by atoms with Gasteiger partial charge in [0.05, 0.1) is 22.7 Å². The zero-order chi connectivity index (χ0) is 28.5. The van der Waals surface area contributed by atoms with E-state index in [1.54, 1.807) is 73.4 Å². The number of para-hydroxylation sites is 1. The van der Waals surface area contributed by atoms with E-state index in [1.807, 2.05) is 19.9 Å². The molecule has 2 aromatic rings. The number of carbonyl (C=O) groups is 3. The summed E-state index contributed by atoms with van der Waals surface area (Å²) in [5, 5.41) is 0. The van der Waals surface area contributed by atoms with Crippen molar-refractivity contribution in [1.82, 2.24) is 9.80 Å². The minimum Gasteiger partial charge on any atom is -0.337 e. The van der Waals surface area contributed by atoms with Gasteiger partial charge in [-0.3, -0.25) is 18.7 Å². The first-order valence-corrected chi connectivity index (χ1v) is 15.0. The van der Waals surface area contributed by atoms with Crippen molar-refractivity contribution in [3.8, 4) is 0 Å². The summed E-state index contributed by atoms with van der Waals surface area (Å²) in [7, 11) is -4.13. The number of hydrogen-bond donors (Lipinski definition) is 0. The maximum atomic E-state index is 14.6. The van der Waals surface area contributed by atoms with Crippen LogP contribution in [0.4, 0.5) is 5.69 Å². The van der Waals surface area contributed by atoms with Gasteiger partial charge in [0.1, 0.15) is 5.41 Å². The highest BCUT2D eigenvalue weighted by molar-refractivity contribution is 7.93. The first-order chi connectivity index (χ1) is 18.6. The molecule has 3 atom stereocenters. The zero-order valence-corrected chi connectivity index (χ0v) is 24.1. The maximum absolute atomic E-state index is 14.6. The van der Waals surface area contributed by atoms with Gasteiger partial charge in [-0.2, -0.15) is 0 Å². The third kappa shape index (κ3) is 4.46. The second-order valence-corrected chi connectivity index (χ2v) is 12.0. The van der Waals surface area contributed by atoms with Crippen LogP contribution in [0.25, 0.3) is 0 Å². The number of benzene rings is 2. The van der Waals surface area contributed by atoms with E-state index < -0.39 is 39.2 Å². The fourth-order valence-electron chi connectivity index (χ4n) is 6.12. The number of ketones is 1. The lowest BCUT2D eigenvalue weighted by molar-refractivity contribution is -0.150. The number of anilines is 1. The van der Waals surface area contributed by atoms with Crippen LogP contribution < -0.4 is 4.31 Å². The molecular weight excluding hydrogens is 514 g/mol. The molecule has 8 nitrogen and oxygen atoms in total. The molecule has 4 rings (SSSR count). The van der Waals surface area contributed by atoms with Gasteiger partial charge in [0.2, 0.25) is 11.7 Å². The van der Waals surface area contributed by atoms with Gasteiger partial charge < -0.3 is 9.80 Å². The van der Waals surface area contributed by atoms with Crippen LogP contribution in [0.3, 0.4) is 0 Å². The summed E-state index contributed by atoms with van der Waals surface area (Å²) in [5.41, 5.74) is 0.122. The van der Waals surface area contributed by atoms with Gasteiger partial charge in [0.25, 0.3) is 15.9 Å². The van der Waals surface area contributed by atoms with Gasteiger partial charge in [0, 0.05) is 26.6 Å². The normalized spacial score (nSPS) is 21.7. The molecule has 0 N–H and O–H groups in total. The lowest BCUT2D eigenvalue weighted by Gasteiger charge is -2.48. The summed E-state index contributed by atoms with van der Waals surface area (Å²) >= 11 is 0. The Hall–Kier alpha value is -3.46. The summed E-state index contributed by atoms with van der Waals surface area (Å²) in [5.74, 6) is -1.61. The van der Waals surface area contributed by atoms with Crippen LogP contribution in [0.5, 0.6) is 0 Å². The summed E-state index contributed by atoms with van der Waals surface area (Å²) < 4.78 is 29.9. The van der Waals surface area contributed by atoms with Crippen molar-refractivity contribution in [2.45, 2.75) is 69.9 Å². The van der Waals surface area contributed by atoms with Gasteiger partial charge in [-0.15, -0.1) is 0 Å². The summed E-state index contributed by atoms with van der Waals surface area (Å²) in [6, 6.07) is 11.7. The SMILES string of the molecule is CCCN(C(C)=O)[C@@H]1C=CC[C@@H]2N(S(=O)(=O)c3ccc(C)cc3)c3ccccc3[C@@]21C(=O)C(=O)N(CC)CC. The van der Waals surface area contributed by atoms with Gasteiger partial charge in [-0.25, -0.2) is 8.42 Å². The maximum Gasteiger partial charge on any atom is 0.291 e. The predicted octanol–water partition coefficient (Wildman–Crippen LogP) is 3.83. The first kappa shape index (κ1) is 28.5. The molecule has 1 heterocycles. The van der Waals surface area contributed by atoms with Crippen molar-refractivity contribution in [3.05, 3.63) is 71.8 Å². The van der Waals surface area contributed by atoms with Crippen LogP contribution in [0, 0.1) is 6.92 Å². The minimum atomic E-state index is -4.13. The lowest BCUT2D eigenvalue weighted by Crippen LogP contribution is -2.66. The molecule has 0 saturated heterocycles. The smallest absolute Gasteiger partial charge is 0.291 e. The Kier molecular flexibility index (Phi) is 8.02. The molecule has 9 heteroatoms. The van der Waals surface area contributed by atoms with Gasteiger partial charge >= 0.3 is 0 Å². The standard InChI is InChI=1S/C30H37N3O5S/c1-6-20-32(22(5)34)26-14-11-15-27-30(26,28(35)29(36)31(7-2)8-3)24-12-9-10-13-25(24)33(27)39(37,38)23-18-16-21(4)17-19-23/h9-14,16-19,26-27H,6-8,15,20H2,1-5H3/t26-,27+,30+/m1/s1. The van der Waals surface area contributed by atoms with Crippen molar-refractivity contribution in [3.63, 3.8) is 0 Å². The Balaban J connectivity index is 2.04. The molecule has 39 heavy (non-hydrogen) atoms. The zero-order valence-electron chi connectivity index (χ0n) is 23.3. The summed E-state index contributed by atoms with van der Waals surface area (Å²) in [6.45, 7) is 9.89. The van der Waals surface area contributed by atoms with Crippen molar-refractivity contribution < 1.29 is 22.8 Å². The number of amides is 2. The highest BCUT2D eigenvalue weighted by Gasteiger charge is 2.65. The number of aryl methyl sites for hydroxylation is 1. The molecule has 0 aromatic heterocycles. The molecule has 0 bridgehead atoms. The van der Waals surface area contributed by atoms with Crippen molar-refractivity contribution in [1.29, 1.82) is 0 Å². The molecule has 0 saturated carbocycles. The van der Waals surface area contributed by atoms with Crippen LogP contribution >= 0.6 is 0 Å². The van der Waals surface area contributed by atoms with E-state index in [2.05, 4.69) is 0 Å². The Labute approximate surface area is 231 Å². The molecule has 0 fully saturated rings. The van der Waals surface area contributed by atoms with Crippen molar-refractivity contribution in [2.24, 2.45) is 0 Å². The lowest BCUT2D eigenvalue weighted by atomic mass is 9.63. The Morgan fingerprint density at radius 2 is 1.64 bits per heavy atom.